The predicted octanol–water partition coefficient (Wildman–Crippen LogP) is 2.04. The summed E-state index contributed by atoms with van der Waals surface area (Å²) in [7, 11) is -3.78. The fraction of sp³-hybridized carbons (Fsp3) is 0.167. The molecule has 6 nitrogen and oxygen atoms in total. The Morgan fingerprint density at radius 1 is 1.00 bits per heavy atom. The number of aryl methyl sites for hydroxylation is 1. The zero-order valence-electron chi connectivity index (χ0n) is 13.2. The predicted molar refractivity (Wildman–Crippen MR) is 95.1 cm³/mol. The van der Waals surface area contributed by atoms with Crippen molar-refractivity contribution in [1.82, 2.24) is 4.98 Å². The van der Waals surface area contributed by atoms with E-state index in [2.05, 4.69) is 4.98 Å². The van der Waals surface area contributed by atoms with Crippen molar-refractivity contribution in [1.29, 1.82) is 0 Å². The van der Waals surface area contributed by atoms with E-state index in [-0.39, 0.29) is 16.2 Å². The van der Waals surface area contributed by atoms with Crippen LogP contribution in [-0.4, -0.2) is 18.5 Å². The normalized spacial score (nSPS) is 14.0. The largest absolute Gasteiger partial charge is 0.507 e. The lowest BCUT2D eigenvalue weighted by Gasteiger charge is -2.13. The Morgan fingerprint density at radius 3 is 2.36 bits per heavy atom. The highest BCUT2D eigenvalue weighted by Crippen LogP contribution is 2.39. The van der Waals surface area contributed by atoms with Gasteiger partial charge in [-0.25, -0.2) is 13.6 Å². The lowest BCUT2D eigenvalue weighted by atomic mass is 9.94. The van der Waals surface area contributed by atoms with Crippen molar-refractivity contribution in [2.45, 2.75) is 24.2 Å². The van der Waals surface area contributed by atoms with Crippen molar-refractivity contribution in [3.05, 3.63) is 57.9 Å². The third kappa shape index (κ3) is 2.52. The molecule has 1 aromatic heterocycles. The van der Waals surface area contributed by atoms with Gasteiger partial charge in [0.05, 0.1) is 4.90 Å². The molecular weight excluding hydrogens is 340 g/mol. The summed E-state index contributed by atoms with van der Waals surface area (Å²) in [5.74, 6) is 0.0806. The zero-order chi connectivity index (χ0) is 17.8. The second kappa shape index (κ2) is 5.44. The topological polar surface area (TPSA) is 113 Å². The van der Waals surface area contributed by atoms with E-state index in [1.807, 2.05) is 0 Å². The Kier molecular flexibility index (Phi) is 3.45. The molecule has 128 valence electrons. The Bertz CT molecular complexity index is 1160. The molecule has 4 N–H and O–H groups in total. The van der Waals surface area contributed by atoms with Crippen molar-refractivity contribution in [3.8, 4) is 16.9 Å². The van der Waals surface area contributed by atoms with E-state index in [9.17, 15) is 18.3 Å². The van der Waals surface area contributed by atoms with Gasteiger partial charge in [0.2, 0.25) is 10.0 Å². The Morgan fingerprint density at radius 2 is 1.68 bits per heavy atom. The number of phenolic OH excluding ortho intramolecular Hbond substituents is 1. The van der Waals surface area contributed by atoms with Crippen LogP contribution in [0.15, 0.2) is 46.1 Å². The highest BCUT2D eigenvalue weighted by Gasteiger charge is 2.22. The van der Waals surface area contributed by atoms with E-state index in [0.29, 0.717) is 16.6 Å². The molecule has 3 aromatic rings. The minimum atomic E-state index is -3.78. The molecule has 0 saturated heterocycles. The monoisotopic (exact) mass is 356 g/mol. The number of nitrogens with two attached hydrogens (primary N) is 1. The second-order valence-electron chi connectivity index (χ2n) is 6.22. The summed E-state index contributed by atoms with van der Waals surface area (Å²) < 4.78 is 22.9. The molecule has 1 aliphatic rings. The lowest BCUT2D eigenvalue weighted by molar-refractivity contribution is 0.478. The number of pyridine rings is 1. The van der Waals surface area contributed by atoms with Crippen molar-refractivity contribution >= 4 is 20.9 Å². The average molecular weight is 356 g/mol. The summed E-state index contributed by atoms with van der Waals surface area (Å²) in [5, 5.41) is 16.4. The van der Waals surface area contributed by atoms with Gasteiger partial charge in [-0.2, -0.15) is 0 Å². The first kappa shape index (κ1) is 15.9. The average Bonchev–Trinajstić information content (AvgIpc) is 3.05. The molecule has 0 radical (unpaired) electrons. The smallest absolute Gasteiger partial charge is 0.251 e. The SMILES string of the molecule is NS(=O)(=O)c1ccc(-c2c(O)ccc3[nH]c(=O)c4c(c23)CCC4)cc1. The van der Waals surface area contributed by atoms with Gasteiger partial charge in [-0.15, -0.1) is 0 Å². The second-order valence-corrected chi connectivity index (χ2v) is 7.78. The van der Waals surface area contributed by atoms with E-state index in [4.69, 9.17) is 5.14 Å². The van der Waals surface area contributed by atoms with Gasteiger partial charge in [-0.3, -0.25) is 4.79 Å². The lowest BCUT2D eigenvalue weighted by Crippen LogP contribution is -2.13. The van der Waals surface area contributed by atoms with E-state index in [1.165, 1.54) is 18.2 Å². The van der Waals surface area contributed by atoms with Crippen LogP contribution in [-0.2, 0) is 22.9 Å². The van der Waals surface area contributed by atoms with Gasteiger partial charge in [-0.05, 0) is 54.7 Å². The molecule has 7 heteroatoms. The van der Waals surface area contributed by atoms with Gasteiger partial charge in [0.25, 0.3) is 5.56 Å². The third-order valence-corrected chi connectivity index (χ3v) is 5.63. The molecule has 0 spiro atoms. The summed E-state index contributed by atoms with van der Waals surface area (Å²) in [5.41, 5.74) is 3.56. The van der Waals surface area contributed by atoms with E-state index in [0.717, 1.165) is 35.8 Å². The number of nitrogens with one attached hydrogen (secondary N) is 1. The van der Waals surface area contributed by atoms with Crippen LogP contribution in [0.5, 0.6) is 5.75 Å². The fourth-order valence-corrected chi connectivity index (χ4v) is 4.10. The summed E-state index contributed by atoms with van der Waals surface area (Å²) in [6, 6.07) is 9.26. The van der Waals surface area contributed by atoms with Gasteiger partial charge in [0.1, 0.15) is 5.75 Å². The molecular formula is C18H16N2O4S. The molecule has 0 fully saturated rings. The Hall–Kier alpha value is -2.64. The van der Waals surface area contributed by atoms with Crippen LogP contribution in [0.1, 0.15) is 17.5 Å². The number of fused-ring (bicyclic) bond motifs is 3. The summed E-state index contributed by atoms with van der Waals surface area (Å²) in [6.07, 6.45) is 2.40. The van der Waals surface area contributed by atoms with Crippen LogP contribution in [0.3, 0.4) is 0 Å². The summed E-state index contributed by atoms with van der Waals surface area (Å²) in [4.78, 5) is 15.1. The molecule has 4 rings (SSSR count). The number of hydrogen-bond donors (Lipinski definition) is 3. The minimum absolute atomic E-state index is 0.00890. The molecule has 0 bridgehead atoms. The van der Waals surface area contributed by atoms with Crippen LogP contribution in [0.4, 0.5) is 0 Å². The van der Waals surface area contributed by atoms with E-state index >= 15 is 0 Å². The molecule has 0 aliphatic heterocycles. The van der Waals surface area contributed by atoms with Crippen LogP contribution in [0.25, 0.3) is 22.0 Å². The number of rotatable bonds is 2. The van der Waals surface area contributed by atoms with Crippen LogP contribution < -0.4 is 10.7 Å². The van der Waals surface area contributed by atoms with Crippen LogP contribution in [0, 0.1) is 0 Å². The molecule has 2 aromatic carbocycles. The molecule has 0 unspecified atom stereocenters. The van der Waals surface area contributed by atoms with Crippen LogP contribution >= 0.6 is 0 Å². The van der Waals surface area contributed by atoms with Gasteiger partial charge < -0.3 is 10.1 Å². The van der Waals surface area contributed by atoms with Gasteiger partial charge in [0, 0.05) is 22.0 Å². The van der Waals surface area contributed by atoms with Gasteiger partial charge in [-0.1, -0.05) is 12.1 Å². The maximum Gasteiger partial charge on any atom is 0.251 e. The number of primary sulfonamides is 1. The first-order chi connectivity index (χ1) is 11.9. The number of aromatic amines is 1. The highest BCUT2D eigenvalue weighted by atomic mass is 32.2. The van der Waals surface area contributed by atoms with Crippen molar-refractivity contribution in [2.75, 3.05) is 0 Å². The highest BCUT2D eigenvalue weighted by molar-refractivity contribution is 7.89. The molecule has 1 aliphatic carbocycles. The Labute approximate surface area is 144 Å². The Balaban J connectivity index is 2.03. The maximum absolute atomic E-state index is 12.2. The molecule has 25 heavy (non-hydrogen) atoms. The van der Waals surface area contributed by atoms with Crippen LogP contribution in [0.2, 0.25) is 0 Å². The quantitative estimate of drug-likeness (QED) is 0.652. The van der Waals surface area contributed by atoms with Crippen molar-refractivity contribution in [3.63, 3.8) is 0 Å². The zero-order valence-corrected chi connectivity index (χ0v) is 14.1. The fourth-order valence-electron chi connectivity index (χ4n) is 3.58. The molecule has 0 saturated carbocycles. The summed E-state index contributed by atoms with van der Waals surface area (Å²) in [6.45, 7) is 0. The number of phenols is 1. The minimum Gasteiger partial charge on any atom is -0.507 e. The number of sulfonamides is 1. The standard InChI is InChI=1S/C18H16N2O4S/c19-25(23,24)11-6-4-10(5-7-11)16-15(21)9-8-14-17(16)12-2-1-3-13(12)18(22)20-14/h4-9,21H,1-3H2,(H,20,22)(H2,19,23,24). The molecule has 1 heterocycles. The van der Waals surface area contributed by atoms with Crippen molar-refractivity contribution < 1.29 is 13.5 Å². The third-order valence-electron chi connectivity index (χ3n) is 4.70. The number of benzene rings is 2. The van der Waals surface area contributed by atoms with Gasteiger partial charge in [0.15, 0.2) is 0 Å². The first-order valence-electron chi connectivity index (χ1n) is 7.89. The van der Waals surface area contributed by atoms with Gasteiger partial charge >= 0.3 is 0 Å². The number of hydrogen-bond acceptors (Lipinski definition) is 4. The number of H-pyrrole nitrogens is 1. The first-order valence-corrected chi connectivity index (χ1v) is 9.44. The van der Waals surface area contributed by atoms with E-state index in [1.54, 1.807) is 18.2 Å². The molecule has 0 atom stereocenters. The number of aromatic hydroxyl groups is 1. The number of aromatic nitrogens is 1. The maximum atomic E-state index is 12.2. The van der Waals surface area contributed by atoms with E-state index < -0.39 is 10.0 Å². The summed E-state index contributed by atoms with van der Waals surface area (Å²) >= 11 is 0. The molecule has 0 amide bonds. The van der Waals surface area contributed by atoms with Crippen molar-refractivity contribution in [2.24, 2.45) is 5.14 Å².